The number of hydrogen-bond donors (Lipinski definition) is 1. The molecule has 0 fully saturated rings. The van der Waals surface area contributed by atoms with Crippen LogP contribution in [0.2, 0.25) is 0 Å². The third kappa shape index (κ3) is 4.16. The van der Waals surface area contributed by atoms with Crippen molar-refractivity contribution in [3.8, 4) is 5.75 Å². The highest BCUT2D eigenvalue weighted by molar-refractivity contribution is 7.80. The summed E-state index contributed by atoms with van der Waals surface area (Å²) < 4.78 is 18.7. The summed E-state index contributed by atoms with van der Waals surface area (Å²) in [6.07, 6.45) is 0. The Morgan fingerprint density at radius 2 is 1.73 bits per heavy atom. The van der Waals surface area contributed by atoms with E-state index in [4.69, 9.17) is 17.0 Å². The first-order valence-corrected chi connectivity index (χ1v) is 10.3. The van der Waals surface area contributed by atoms with Crippen LogP contribution in [0.3, 0.4) is 0 Å². The minimum Gasteiger partial charge on any atom is -0.497 e. The molecule has 1 amide bonds. The van der Waals surface area contributed by atoms with E-state index in [0.29, 0.717) is 23.8 Å². The fourth-order valence-corrected chi connectivity index (χ4v) is 4.01. The van der Waals surface area contributed by atoms with Gasteiger partial charge in [-0.1, -0.05) is 12.1 Å². The highest BCUT2D eigenvalue weighted by Gasteiger charge is 2.36. The van der Waals surface area contributed by atoms with Crippen LogP contribution < -0.4 is 15.0 Å². The van der Waals surface area contributed by atoms with E-state index in [2.05, 4.69) is 5.32 Å². The molecule has 1 heterocycles. The van der Waals surface area contributed by atoms with Gasteiger partial charge in [0.1, 0.15) is 11.6 Å². The maximum atomic E-state index is 13.5. The molecule has 5 nitrogen and oxygen atoms in total. The zero-order valence-corrected chi connectivity index (χ0v) is 18.4. The molecule has 0 aromatic heterocycles. The fourth-order valence-electron chi connectivity index (χ4n) is 3.65. The number of rotatable bonds is 6. The molecule has 1 atom stereocenters. The van der Waals surface area contributed by atoms with Gasteiger partial charge in [-0.15, -0.1) is 0 Å². The van der Waals surface area contributed by atoms with Crippen LogP contribution in [0.5, 0.6) is 5.75 Å². The summed E-state index contributed by atoms with van der Waals surface area (Å²) in [6.45, 7) is 6.98. The van der Waals surface area contributed by atoms with Crippen molar-refractivity contribution in [2.24, 2.45) is 0 Å². The van der Waals surface area contributed by atoms with Crippen molar-refractivity contribution < 1.29 is 13.9 Å². The van der Waals surface area contributed by atoms with Crippen molar-refractivity contribution in [1.29, 1.82) is 0 Å². The van der Waals surface area contributed by atoms with Crippen LogP contribution in [0, 0.1) is 5.82 Å². The molecule has 158 valence electrons. The first-order chi connectivity index (χ1) is 14.4. The lowest BCUT2D eigenvalue weighted by molar-refractivity contribution is -0.127. The van der Waals surface area contributed by atoms with Gasteiger partial charge in [0.15, 0.2) is 5.11 Å². The topological polar surface area (TPSA) is 44.8 Å². The number of hydrogen-bond acceptors (Lipinski definition) is 3. The Kier molecular flexibility index (Phi) is 6.72. The Labute approximate surface area is 182 Å². The van der Waals surface area contributed by atoms with Gasteiger partial charge in [-0.05, 0) is 75.0 Å². The van der Waals surface area contributed by atoms with Crippen molar-refractivity contribution in [2.75, 3.05) is 25.1 Å². The fraction of sp³-hybridized carbons (Fsp3) is 0.304. The lowest BCUT2D eigenvalue weighted by atomic mass is 9.93. The maximum Gasteiger partial charge on any atom is 0.253 e. The number of carbonyl (C=O) groups is 1. The number of benzene rings is 2. The molecule has 0 saturated heterocycles. The molecule has 2 aromatic rings. The maximum absolute atomic E-state index is 13.5. The quantitative estimate of drug-likeness (QED) is 0.692. The van der Waals surface area contributed by atoms with E-state index in [-0.39, 0.29) is 11.7 Å². The normalized spacial score (nSPS) is 16.4. The van der Waals surface area contributed by atoms with E-state index in [1.807, 2.05) is 49.9 Å². The van der Waals surface area contributed by atoms with Gasteiger partial charge in [-0.25, -0.2) is 4.39 Å². The largest absolute Gasteiger partial charge is 0.497 e. The zero-order chi connectivity index (χ0) is 21.8. The smallest absolute Gasteiger partial charge is 0.253 e. The van der Waals surface area contributed by atoms with Crippen LogP contribution in [0.1, 0.15) is 32.4 Å². The van der Waals surface area contributed by atoms with Crippen LogP contribution in [-0.2, 0) is 4.79 Å². The number of nitrogens with zero attached hydrogens (tertiary/aromatic N) is 2. The van der Waals surface area contributed by atoms with E-state index >= 15 is 0 Å². The SMILES string of the molecule is CCN(CC)C(=O)C1=C(C)N(c2ccc(OC)cc2)C(=S)NC1c1ccc(F)cc1. The second-order valence-electron chi connectivity index (χ2n) is 6.94. The van der Waals surface area contributed by atoms with Gasteiger partial charge in [0.05, 0.1) is 18.7 Å². The van der Waals surface area contributed by atoms with Crippen LogP contribution in [0.4, 0.5) is 10.1 Å². The summed E-state index contributed by atoms with van der Waals surface area (Å²) >= 11 is 5.66. The number of methoxy groups -OCH3 is 1. The molecule has 3 rings (SSSR count). The van der Waals surface area contributed by atoms with Gasteiger partial charge in [-0.2, -0.15) is 0 Å². The third-order valence-corrected chi connectivity index (χ3v) is 5.60. The van der Waals surface area contributed by atoms with Gasteiger partial charge >= 0.3 is 0 Å². The predicted octanol–water partition coefficient (Wildman–Crippen LogP) is 4.41. The molecule has 1 aliphatic heterocycles. The molecule has 0 aliphatic carbocycles. The number of likely N-dealkylation sites (N-methyl/N-ethyl adjacent to an activating group) is 1. The minimum absolute atomic E-state index is 0.0691. The molecule has 2 aromatic carbocycles. The van der Waals surface area contributed by atoms with Gasteiger partial charge in [0, 0.05) is 24.5 Å². The molecule has 1 unspecified atom stereocenters. The van der Waals surface area contributed by atoms with Crippen LogP contribution in [0.25, 0.3) is 0 Å². The molecule has 1 N–H and O–H groups in total. The summed E-state index contributed by atoms with van der Waals surface area (Å²) in [4.78, 5) is 17.1. The number of ether oxygens (including phenoxy) is 1. The predicted molar refractivity (Wildman–Crippen MR) is 121 cm³/mol. The minimum atomic E-state index is -0.458. The summed E-state index contributed by atoms with van der Waals surface area (Å²) in [6, 6.07) is 13.2. The van der Waals surface area contributed by atoms with E-state index in [9.17, 15) is 9.18 Å². The van der Waals surface area contributed by atoms with Crippen molar-refractivity contribution in [2.45, 2.75) is 26.8 Å². The molecule has 0 radical (unpaired) electrons. The van der Waals surface area contributed by atoms with Crippen molar-refractivity contribution >= 4 is 28.9 Å². The lowest BCUT2D eigenvalue weighted by Crippen LogP contribution is -2.50. The highest BCUT2D eigenvalue weighted by atomic mass is 32.1. The number of nitrogens with one attached hydrogen (secondary N) is 1. The van der Waals surface area contributed by atoms with Gasteiger partial charge in [-0.3, -0.25) is 9.69 Å². The number of carbonyl (C=O) groups excluding carboxylic acids is 1. The van der Waals surface area contributed by atoms with E-state index < -0.39 is 6.04 Å². The highest BCUT2D eigenvalue weighted by Crippen LogP contribution is 2.35. The average molecular weight is 428 g/mol. The summed E-state index contributed by atoms with van der Waals surface area (Å²) in [5.41, 5.74) is 2.95. The number of amides is 1. The first-order valence-electron chi connectivity index (χ1n) is 9.91. The Bertz CT molecular complexity index is 953. The average Bonchev–Trinajstić information content (AvgIpc) is 2.75. The van der Waals surface area contributed by atoms with Gasteiger partial charge in [0.25, 0.3) is 5.91 Å². The van der Waals surface area contributed by atoms with Gasteiger partial charge in [0.2, 0.25) is 0 Å². The summed E-state index contributed by atoms with van der Waals surface area (Å²) in [5.74, 6) is 0.342. The molecule has 7 heteroatoms. The van der Waals surface area contributed by atoms with Crippen molar-refractivity contribution in [3.05, 3.63) is 71.2 Å². The summed E-state index contributed by atoms with van der Waals surface area (Å²) in [5, 5.41) is 3.77. The molecular weight excluding hydrogens is 401 g/mol. The summed E-state index contributed by atoms with van der Waals surface area (Å²) in [7, 11) is 1.61. The van der Waals surface area contributed by atoms with Crippen molar-refractivity contribution in [1.82, 2.24) is 10.2 Å². The van der Waals surface area contributed by atoms with Crippen molar-refractivity contribution in [3.63, 3.8) is 0 Å². The Balaban J connectivity index is 2.13. The standard InChI is InChI=1S/C23H26FN3O2S/c1-5-26(6-2)22(28)20-15(3)27(18-11-13-19(29-4)14-12-18)23(30)25-21(20)16-7-9-17(24)10-8-16/h7-14,21H,5-6H2,1-4H3,(H,25,30). The monoisotopic (exact) mass is 427 g/mol. The molecule has 1 aliphatic rings. The molecule has 0 bridgehead atoms. The van der Waals surface area contributed by atoms with E-state index in [1.165, 1.54) is 12.1 Å². The molecule has 30 heavy (non-hydrogen) atoms. The number of thiocarbonyl (C=S) groups is 1. The Morgan fingerprint density at radius 1 is 1.13 bits per heavy atom. The molecule has 0 spiro atoms. The molecule has 0 saturated carbocycles. The van der Waals surface area contributed by atoms with E-state index in [0.717, 1.165) is 22.7 Å². The third-order valence-electron chi connectivity index (χ3n) is 5.30. The Hall–Kier alpha value is -2.93. The second kappa shape index (κ2) is 9.26. The first kappa shape index (κ1) is 21.8. The van der Waals surface area contributed by atoms with Crippen LogP contribution in [0.15, 0.2) is 59.8 Å². The van der Waals surface area contributed by atoms with E-state index in [1.54, 1.807) is 24.1 Å². The molecular formula is C23H26FN3O2S. The second-order valence-corrected chi connectivity index (χ2v) is 7.33. The zero-order valence-electron chi connectivity index (χ0n) is 17.6. The van der Waals surface area contributed by atoms with Gasteiger partial charge < -0.3 is 15.0 Å². The number of allylic oxidation sites excluding steroid dienone is 1. The van der Waals surface area contributed by atoms with Crippen LogP contribution >= 0.6 is 12.2 Å². The number of anilines is 1. The lowest BCUT2D eigenvalue weighted by Gasteiger charge is -2.39. The number of halogens is 1. The van der Waals surface area contributed by atoms with Crippen LogP contribution in [-0.4, -0.2) is 36.1 Å². The Morgan fingerprint density at radius 3 is 2.27 bits per heavy atom.